The van der Waals surface area contributed by atoms with Gasteiger partial charge in [-0.3, -0.25) is 29.1 Å². The Morgan fingerprint density at radius 1 is 1.31 bits per heavy atom. The van der Waals surface area contributed by atoms with Crippen molar-refractivity contribution in [2.45, 2.75) is 31.6 Å². The second kappa shape index (κ2) is 11.4. The molecule has 3 heterocycles. The SMILES string of the molecule is C[C@H](NC(=O)NCc1cc(=O)c(O)c[nH]1)C(=O)NC[C@@H]1[C@H](NC(=O)C(=N)c2csc(N)n2)C(=O)N1S(=O)(=O)O. The van der Waals surface area contributed by atoms with Crippen LogP contribution in [0.4, 0.5) is 9.93 Å². The molecule has 0 aromatic carbocycles. The van der Waals surface area contributed by atoms with E-state index >= 15 is 0 Å². The Labute approximate surface area is 223 Å². The molecule has 0 aliphatic carbocycles. The first kappa shape index (κ1) is 29.0. The van der Waals surface area contributed by atoms with Crippen LogP contribution in [0.15, 0.2) is 22.4 Å². The molecule has 10 N–H and O–H groups in total. The first-order valence-corrected chi connectivity index (χ1v) is 13.1. The monoisotopic (exact) mass is 585 g/mol. The number of nitrogens with zero attached hydrogens (tertiary/aromatic N) is 2. The highest BCUT2D eigenvalue weighted by Crippen LogP contribution is 2.23. The van der Waals surface area contributed by atoms with Crippen molar-refractivity contribution in [3.63, 3.8) is 0 Å². The zero-order valence-corrected chi connectivity index (χ0v) is 21.6. The van der Waals surface area contributed by atoms with E-state index < -0.39 is 75.6 Å². The molecule has 0 radical (unpaired) electrons. The van der Waals surface area contributed by atoms with Gasteiger partial charge in [-0.2, -0.15) is 8.42 Å². The number of hydrogen-bond acceptors (Lipinski definition) is 12. The van der Waals surface area contributed by atoms with Crippen molar-refractivity contribution < 1.29 is 37.3 Å². The van der Waals surface area contributed by atoms with Gasteiger partial charge in [-0.1, -0.05) is 0 Å². The quantitative estimate of drug-likeness (QED) is 0.0768. The summed E-state index contributed by atoms with van der Waals surface area (Å²) in [7, 11) is -5.05. The molecule has 18 nitrogen and oxygen atoms in total. The fourth-order valence-electron chi connectivity index (χ4n) is 3.35. The van der Waals surface area contributed by atoms with E-state index in [0.717, 1.165) is 23.6 Å². The molecule has 3 rings (SSSR count). The zero-order chi connectivity index (χ0) is 29.1. The average molecular weight is 586 g/mol. The van der Waals surface area contributed by atoms with Crippen LogP contribution in [0.1, 0.15) is 18.3 Å². The lowest BCUT2D eigenvalue weighted by molar-refractivity contribution is -0.145. The number of rotatable bonds is 10. The third kappa shape index (κ3) is 6.86. The van der Waals surface area contributed by atoms with Crippen LogP contribution in [0.5, 0.6) is 5.75 Å². The van der Waals surface area contributed by atoms with Crippen LogP contribution >= 0.6 is 11.3 Å². The largest absolute Gasteiger partial charge is 0.503 e. The van der Waals surface area contributed by atoms with Gasteiger partial charge in [0.05, 0.1) is 12.6 Å². The number of pyridine rings is 1. The molecule has 1 saturated heterocycles. The van der Waals surface area contributed by atoms with Crippen molar-refractivity contribution in [1.82, 2.24) is 35.5 Å². The zero-order valence-electron chi connectivity index (χ0n) is 19.9. The van der Waals surface area contributed by atoms with Crippen LogP contribution in [0.2, 0.25) is 0 Å². The van der Waals surface area contributed by atoms with Crippen LogP contribution in [-0.4, -0.2) is 86.5 Å². The Bertz CT molecular complexity index is 1490. The Hall–Kier alpha value is -4.56. The molecule has 2 aromatic rings. The normalized spacial score (nSPS) is 17.5. The van der Waals surface area contributed by atoms with Crippen molar-refractivity contribution in [3.8, 4) is 5.75 Å². The van der Waals surface area contributed by atoms with Crippen LogP contribution in [0, 0.1) is 5.41 Å². The number of carbonyl (C=O) groups is 4. The summed E-state index contributed by atoms with van der Waals surface area (Å²) in [5.41, 5.74) is 4.36. The number of urea groups is 1. The number of nitrogens with two attached hydrogens (primary N) is 1. The van der Waals surface area contributed by atoms with Crippen LogP contribution < -0.4 is 32.4 Å². The van der Waals surface area contributed by atoms with E-state index in [9.17, 15) is 42.0 Å². The Morgan fingerprint density at radius 3 is 2.59 bits per heavy atom. The summed E-state index contributed by atoms with van der Waals surface area (Å²) in [5, 5.41) is 27.7. The van der Waals surface area contributed by atoms with Crippen molar-refractivity contribution in [2.75, 3.05) is 12.3 Å². The molecular weight excluding hydrogens is 562 g/mol. The van der Waals surface area contributed by atoms with E-state index in [2.05, 4.69) is 31.2 Å². The van der Waals surface area contributed by atoms with Crippen LogP contribution in [0.25, 0.3) is 0 Å². The first-order chi connectivity index (χ1) is 18.2. The van der Waals surface area contributed by atoms with Gasteiger partial charge in [0, 0.05) is 29.9 Å². The van der Waals surface area contributed by atoms with E-state index in [0.29, 0.717) is 0 Å². The third-order valence-corrected chi connectivity index (χ3v) is 6.95. The summed E-state index contributed by atoms with van der Waals surface area (Å²) < 4.78 is 32.7. The molecule has 0 bridgehead atoms. The predicted octanol–water partition coefficient (Wildman–Crippen LogP) is -3.01. The molecule has 0 spiro atoms. The topological polar surface area (TPSA) is 290 Å². The minimum Gasteiger partial charge on any atom is -0.503 e. The van der Waals surface area contributed by atoms with Gasteiger partial charge in [-0.25, -0.2) is 14.1 Å². The van der Waals surface area contributed by atoms with E-state index in [4.69, 9.17) is 11.1 Å². The summed E-state index contributed by atoms with van der Waals surface area (Å²) in [5.74, 6) is -3.59. The van der Waals surface area contributed by atoms with Crippen molar-refractivity contribution >= 4 is 56.2 Å². The smallest absolute Gasteiger partial charge is 0.362 e. The third-order valence-electron chi connectivity index (χ3n) is 5.33. The fraction of sp³-hybridized carbons (Fsp3) is 0.316. The van der Waals surface area contributed by atoms with Crippen molar-refractivity contribution in [1.29, 1.82) is 5.41 Å². The minimum absolute atomic E-state index is 0.0614. The molecule has 1 fully saturated rings. The van der Waals surface area contributed by atoms with E-state index in [1.807, 2.05) is 0 Å². The van der Waals surface area contributed by atoms with Crippen molar-refractivity contribution in [3.05, 3.63) is 39.3 Å². The summed E-state index contributed by atoms with van der Waals surface area (Å²) >= 11 is 0.968. The molecule has 210 valence electrons. The Balaban J connectivity index is 1.56. The predicted molar refractivity (Wildman–Crippen MR) is 134 cm³/mol. The molecule has 20 heteroatoms. The number of amides is 5. The standard InChI is InChI=1S/C19H23N9O9S2/c1-7(25-19(34)24-3-8-2-11(29)12(30)5-22-8)15(31)23-4-10-14(17(33)28(10)39(35,36)37)27-16(32)13(20)9-6-38-18(21)26-9/h2,5-7,10,14,20,30H,3-4H2,1H3,(H2,21,26)(H,22,29)(H,23,31)(H,27,32)(H2,24,25,34)(H,35,36,37)/t7-,10+,14-/m0/s1. The Morgan fingerprint density at radius 2 is 2.00 bits per heavy atom. The number of H-pyrrole nitrogens is 1. The fourth-order valence-corrected chi connectivity index (χ4v) is 4.78. The summed E-state index contributed by atoms with van der Waals surface area (Å²) in [6, 6.07) is -3.88. The first-order valence-electron chi connectivity index (χ1n) is 10.8. The van der Waals surface area contributed by atoms with Gasteiger partial charge in [0.1, 0.15) is 23.5 Å². The maximum Gasteiger partial charge on any atom is 0.362 e. The summed E-state index contributed by atoms with van der Waals surface area (Å²) in [6.45, 7) is 0.589. The molecule has 0 saturated carbocycles. The van der Waals surface area contributed by atoms with E-state index in [1.165, 1.54) is 12.3 Å². The van der Waals surface area contributed by atoms with E-state index in [-0.39, 0.29) is 27.4 Å². The van der Waals surface area contributed by atoms with Gasteiger partial charge in [0.2, 0.25) is 11.3 Å². The highest BCUT2D eigenvalue weighted by Gasteiger charge is 2.54. The molecular formula is C19H23N9O9S2. The molecule has 5 amide bonds. The number of β-lactam (4-membered cyclic amide) rings is 1. The number of aromatic hydroxyl groups is 1. The average Bonchev–Trinajstić information content (AvgIpc) is 3.29. The lowest BCUT2D eigenvalue weighted by Crippen LogP contribution is -2.74. The lowest BCUT2D eigenvalue weighted by Gasteiger charge is -2.44. The van der Waals surface area contributed by atoms with E-state index in [1.54, 1.807) is 0 Å². The van der Waals surface area contributed by atoms with Gasteiger partial charge in [-0.05, 0) is 6.92 Å². The minimum atomic E-state index is -5.05. The summed E-state index contributed by atoms with van der Waals surface area (Å²) in [6.07, 6.45) is 1.04. The van der Waals surface area contributed by atoms with Gasteiger partial charge < -0.3 is 37.1 Å². The molecule has 2 aromatic heterocycles. The van der Waals surface area contributed by atoms with Gasteiger partial charge in [0.15, 0.2) is 10.9 Å². The maximum absolute atomic E-state index is 12.5. The maximum atomic E-state index is 12.5. The number of aromatic amines is 1. The lowest BCUT2D eigenvalue weighted by atomic mass is 9.98. The highest BCUT2D eigenvalue weighted by molar-refractivity contribution is 7.84. The molecule has 0 unspecified atom stereocenters. The molecule has 1 aliphatic rings. The summed E-state index contributed by atoms with van der Waals surface area (Å²) in [4.78, 5) is 67.0. The number of anilines is 1. The van der Waals surface area contributed by atoms with Gasteiger partial charge in [0.25, 0.3) is 11.8 Å². The number of nitrogens with one attached hydrogen (secondary N) is 6. The Kier molecular flexibility index (Phi) is 8.51. The van der Waals surface area contributed by atoms with Gasteiger partial charge in [-0.15, -0.1) is 11.3 Å². The number of carbonyl (C=O) groups excluding carboxylic acids is 4. The van der Waals surface area contributed by atoms with Crippen molar-refractivity contribution in [2.24, 2.45) is 0 Å². The molecule has 1 aliphatic heterocycles. The molecule has 39 heavy (non-hydrogen) atoms. The highest BCUT2D eigenvalue weighted by atomic mass is 32.2. The second-order valence-electron chi connectivity index (χ2n) is 8.08. The number of nitrogen functional groups attached to an aromatic ring is 1. The number of aromatic nitrogens is 2. The number of hydrogen-bond donors (Lipinski definition) is 9. The molecule has 3 atom stereocenters. The second-order valence-corrected chi connectivity index (χ2v) is 10.3. The number of thiazole rings is 1. The van der Waals surface area contributed by atoms with Crippen LogP contribution in [-0.2, 0) is 31.2 Å². The van der Waals surface area contributed by atoms with Crippen LogP contribution in [0.3, 0.4) is 0 Å². The van der Waals surface area contributed by atoms with Gasteiger partial charge >= 0.3 is 16.3 Å².